The lowest BCUT2D eigenvalue weighted by Crippen LogP contribution is -2.39. The quantitative estimate of drug-likeness (QED) is 0.518. The van der Waals surface area contributed by atoms with Crippen LogP contribution in [0.15, 0.2) is 0 Å². The summed E-state index contributed by atoms with van der Waals surface area (Å²) in [7, 11) is 0. The van der Waals surface area contributed by atoms with Gasteiger partial charge in [0, 0.05) is 31.5 Å². The zero-order valence-corrected chi connectivity index (χ0v) is 9.79. The summed E-state index contributed by atoms with van der Waals surface area (Å²) in [6.07, 6.45) is 2.75. The third kappa shape index (κ3) is 4.18. The molecule has 1 atom stereocenters. The van der Waals surface area contributed by atoms with Crippen molar-refractivity contribution in [1.29, 1.82) is 0 Å². The summed E-state index contributed by atoms with van der Waals surface area (Å²) in [6.45, 7) is 3.29. The topological polar surface area (TPSA) is 84.2 Å². The predicted molar refractivity (Wildman–Crippen MR) is 61.6 cm³/mol. The molecule has 0 spiro atoms. The average Bonchev–Trinajstić information content (AvgIpc) is 3.09. The highest BCUT2D eigenvalue weighted by Gasteiger charge is 2.29. The van der Waals surface area contributed by atoms with E-state index in [-0.39, 0.29) is 23.7 Å². The molecule has 5 nitrogen and oxygen atoms in total. The van der Waals surface area contributed by atoms with Gasteiger partial charge in [-0.2, -0.15) is 0 Å². The van der Waals surface area contributed by atoms with E-state index in [4.69, 9.17) is 5.73 Å². The second-order valence-electron chi connectivity index (χ2n) is 4.20. The fraction of sp³-hybridized carbons (Fsp3) is 0.818. The maximum atomic E-state index is 11.5. The Labute approximate surface area is 96.1 Å². The molecule has 5 heteroatoms. The highest BCUT2D eigenvalue weighted by atomic mass is 16.2. The molecule has 0 aromatic heterocycles. The van der Waals surface area contributed by atoms with E-state index in [2.05, 4.69) is 10.6 Å². The summed E-state index contributed by atoms with van der Waals surface area (Å²) < 4.78 is 0. The van der Waals surface area contributed by atoms with Crippen LogP contribution in [0.1, 0.15) is 26.2 Å². The van der Waals surface area contributed by atoms with Crippen molar-refractivity contribution >= 4 is 11.8 Å². The fourth-order valence-corrected chi connectivity index (χ4v) is 1.46. The van der Waals surface area contributed by atoms with Crippen molar-refractivity contribution in [3.63, 3.8) is 0 Å². The van der Waals surface area contributed by atoms with Crippen molar-refractivity contribution in [3.05, 3.63) is 0 Å². The summed E-state index contributed by atoms with van der Waals surface area (Å²) in [4.78, 5) is 22.7. The molecule has 1 saturated carbocycles. The standard InChI is InChI=1S/C11H21N3O2/c1-2-8(7-12)10(15)13-5-6-14-11(16)9-3-4-9/h8-9H,2-7,12H2,1H3,(H,13,15)(H,14,16). The smallest absolute Gasteiger partial charge is 0.224 e. The van der Waals surface area contributed by atoms with Crippen LogP contribution in [0.3, 0.4) is 0 Å². The minimum Gasteiger partial charge on any atom is -0.354 e. The number of amides is 2. The molecule has 4 N–H and O–H groups in total. The molecule has 0 heterocycles. The maximum absolute atomic E-state index is 11.5. The van der Waals surface area contributed by atoms with Gasteiger partial charge in [0.15, 0.2) is 0 Å². The Hall–Kier alpha value is -1.10. The summed E-state index contributed by atoms with van der Waals surface area (Å²) in [5, 5.41) is 5.56. The van der Waals surface area contributed by atoms with E-state index >= 15 is 0 Å². The lowest BCUT2D eigenvalue weighted by molar-refractivity contribution is -0.125. The molecule has 0 aliphatic heterocycles. The van der Waals surface area contributed by atoms with E-state index in [1.807, 2.05) is 6.92 Å². The minimum atomic E-state index is -0.112. The molecule has 0 saturated heterocycles. The Morgan fingerprint density at radius 2 is 1.94 bits per heavy atom. The summed E-state index contributed by atoms with van der Waals surface area (Å²) in [5.74, 6) is 0.202. The van der Waals surface area contributed by atoms with Crippen molar-refractivity contribution in [1.82, 2.24) is 10.6 Å². The SMILES string of the molecule is CCC(CN)C(=O)NCCNC(=O)C1CC1. The van der Waals surface area contributed by atoms with E-state index in [1.165, 1.54) is 0 Å². The third-order valence-corrected chi connectivity index (χ3v) is 2.82. The molecule has 0 radical (unpaired) electrons. The van der Waals surface area contributed by atoms with Gasteiger partial charge in [-0.3, -0.25) is 9.59 Å². The zero-order valence-electron chi connectivity index (χ0n) is 9.79. The van der Waals surface area contributed by atoms with Gasteiger partial charge in [0.2, 0.25) is 11.8 Å². The Kier molecular flexibility index (Phi) is 5.25. The Balaban J connectivity index is 2.05. The van der Waals surface area contributed by atoms with E-state index in [9.17, 15) is 9.59 Å². The van der Waals surface area contributed by atoms with Gasteiger partial charge in [-0.15, -0.1) is 0 Å². The largest absolute Gasteiger partial charge is 0.354 e. The zero-order chi connectivity index (χ0) is 12.0. The summed E-state index contributed by atoms with van der Waals surface area (Å²) in [5.41, 5.74) is 5.45. The maximum Gasteiger partial charge on any atom is 0.224 e. The molecule has 0 bridgehead atoms. The lowest BCUT2D eigenvalue weighted by atomic mass is 10.1. The number of hydrogen-bond donors (Lipinski definition) is 3. The molecule has 1 aliphatic rings. The van der Waals surface area contributed by atoms with Crippen molar-refractivity contribution in [2.75, 3.05) is 19.6 Å². The van der Waals surface area contributed by atoms with Gasteiger partial charge in [0.25, 0.3) is 0 Å². The van der Waals surface area contributed by atoms with Crippen LogP contribution in [0.2, 0.25) is 0 Å². The highest BCUT2D eigenvalue weighted by Crippen LogP contribution is 2.28. The highest BCUT2D eigenvalue weighted by molar-refractivity contribution is 5.81. The molecule has 0 aromatic carbocycles. The van der Waals surface area contributed by atoms with Crippen LogP contribution in [0.5, 0.6) is 0 Å². The first-order chi connectivity index (χ1) is 7.69. The molecule has 0 aromatic rings. The van der Waals surface area contributed by atoms with Crippen LogP contribution in [0.4, 0.5) is 0 Å². The number of carbonyl (C=O) groups is 2. The molecule has 1 rings (SSSR count). The van der Waals surface area contributed by atoms with E-state index in [1.54, 1.807) is 0 Å². The van der Waals surface area contributed by atoms with Crippen LogP contribution >= 0.6 is 0 Å². The molecular formula is C11H21N3O2. The number of rotatable bonds is 7. The van der Waals surface area contributed by atoms with Crippen LogP contribution in [0, 0.1) is 11.8 Å². The first-order valence-electron chi connectivity index (χ1n) is 5.94. The van der Waals surface area contributed by atoms with Gasteiger partial charge in [-0.25, -0.2) is 0 Å². The Morgan fingerprint density at radius 1 is 1.31 bits per heavy atom. The fourth-order valence-electron chi connectivity index (χ4n) is 1.46. The number of hydrogen-bond acceptors (Lipinski definition) is 3. The molecule has 2 amide bonds. The summed E-state index contributed by atoms with van der Waals surface area (Å²) >= 11 is 0. The second kappa shape index (κ2) is 6.48. The molecular weight excluding hydrogens is 206 g/mol. The van der Waals surface area contributed by atoms with E-state index in [0.717, 1.165) is 19.3 Å². The Bertz CT molecular complexity index is 248. The van der Waals surface area contributed by atoms with Crippen LogP contribution in [-0.2, 0) is 9.59 Å². The lowest BCUT2D eigenvalue weighted by Gasteiger charge is -2.12. The van der Waals surface area contributed by atoms with Crippen LogP contribution < -0.4 is 16.4 Å². The van der Waals surface area contributed by atoms with Crippen molar-refractivity contribution in [3.8, 4) is 0 Å². The average molecular weight is 227 g/mol. The number of carbonyl (C=O) groups excluding carboxylic acids is 2. The normalized spacial score (nSPS) is 16.6. The minimum absolute atomic E-state index is 0.0225. The van der Waals surface area contributed by atoms with Crippen molar-refractivity contribution in [2.45, 2.75) is 26.2 Å². The van der Waals surface area contributed by atoms with Crippen LogP contribution in [-0.4, -0.2) is 31.4 Å². The molecule has 1 fully saturated rings. The summed E-state index contributed by atoms with van der Waals surface area (Å²) in [6, 6.07) is 0. The van der Waals surface area contributed by atoms with Crippen molar-refractivity contribution in [2.24, 2.45) is 17.6 Å². The third-order valence-electron chi connectivity index (χ3n) is 2.82. The monoisotopic (exact) mass is 227 g/mol. The second-order valence-corrected chi connectivity index (χ2v) is 4.20. The van der Waals surface area contributed by atoms with E-state index in [0.29, 0.717) is 19.6 Å². The van der Waals surface area contributed by atoms with Gasteiger partial charge in [0.1, 0.15) is 0 Å². The number of nitrogens with one attached hydrogen (secondary N) is 2. The van der Waals surface area contributed by atoms with Gasteiger partial charge in [-0.05, 0) is 19.3 Å². The van der Waals surface area contributed by atoms with Gasteiger partial charge in [-0.1, -0.05) is 6.92 Å². The molecule has 1 unspecified atom stereocenters. The molecule has 16 heavy (non-hydrogen) atoms. The first kappa shape index (κ1) is 13.0. The molecule has 92 valence electrons. The van der Waals surface area contributed by atoms with E-state index < -0.39 is 0 Å². The van der Waals surface area contributed by atoms with Gasteiger partial charge < -0.3 is 16.4 Å². The van der Waals surface area contributed by atoms with Crippen molar-refractivity contribution < 1.29 is 9.59 Å². The number of nitrogens with two attached hydrogens (primary N) is 1. The van der Waals surface area contributed by atoms with Gasteiger partial charge in [0.05, 0.1) is 0 Å². The Morgan fingerprint density at radius 3 is 2.44 bits per heavy atom. The van der Waals surface area contributed by atoms with Crippen LogP contribution in [0.25, 0.3) is 0 Å². The first-order valence-corrected chi connectivity index (χ1v) is 5.94. The van der Waals surface area contributed by atoms with Gasteiger partial charge >= 0.3 is 0 Å². The molecule has 1 aliphatic carbocycles. The predicted octanol–water partition coefficient (Wildman–Crippen LogP) is -0.386.